The van der Waals surface area contributed by atoms with Gasteiger partial charge in [0.25, 0.3) is 5.56 Å². The van der Waals surface area contributed by atoms with E-state index in [4.69, 9.17) is 0 Å². The van der Waals surface area contributed by atoms with Crippen LogP contribution in [0.1, 0.15) is 5.69 Å². The number of hydrogen-bond acceptors (Lipinski definition) is 2. The van der Waals surface area contributed by atoms with E-state index in [9.17, 15) is 18.0 Å². The average Bonchev–Trinajstić information content (AvgIpc) is 2.20. The van der Waals surface area contributed by atoms with Crippen LogP contribution in [0, 0.1) is 0 Å². The van der Waals surface area contributed by atoms with E-state index in [1.807, 2.05) is 0 Å². The van der Waals surface area contributed by atoms with Gasteiger partial charge in [0.1, 0.15) is 0 Å². The number of nitrogens with one attached hydrogen (secondary N) is 1. The number of hydrogen-bond donors (Lipinski definition) is 1. The van der Waals surface area contributed by atoms with Crippen LogP contribution in [-0.4, -0.2) is 16.4 Å². The van der Waals surface area contributed by atoms with E-state index in [0.717, 1.165) is 0 Å². The van der Waals surface area contributed by atoms with Crippen LogP contribution >= 0.6 is 15.9 Å². The fourth-order valence-electron chi connectivity index (χ4n) is 1.52. The molecule has 0 aliphatic heterocycles. The Morgan fingerprint density at radius 3 is 2.65 bits per heavy atom. The number of nitrogens with zero attached hydrogens (tertiary/aromatic N) is 1. The Balaban J connectivity index is 2.68. The van der Waals surface area contributed by atoms with E-state index in [2.05, 4.69) is 26.1 Å². The Hall–Kier alpha value is -1.37. The summed E-state index contributed by atoms with van der Waals surface area (Å²) in [5, 5.41) is 5.92. The first-order valence-corrected chi connectivity index (χ1v) is 5.40. The number of aromatic nitrogens is 2. The molecule has 0 saturated heterocycles. The van der Waals surface area contributed by atoms with Crippen molar-refractivity contribution in [3.63, 3.8) is 0 Å². The number of fused-ring (bicyclic) bond motifs is 1. The normalized spacial score (nSPS) is 12.0. The number of aromatic amines is 1. The van der Waals surface area contributed by atoms with Gasteiger partial charge in [-0.05, 0) is 18.2 Å². The average molecular weight is 307 g/mol. The SMILES string of the molecule is O=c1[nH]nc(CC(F)(F)F)c2cc(Br)ccc12. The Morgan fingerprint density at radius 2 is 2.00 bits per heavy atom. The van der Waals surface area contributed by atoms with Crippen molar-refractivity contribution in [2.75, 3.05) is 0 Å². The van der Waals surface area contributed by atoms with Crippen LogP contribution in [0.4, 0.5) is 13.2 Å². The van der Waals surface area contributed by atoms with Gasteiger partial charge in [-0.2, -0.15) is 18.3 Å². The minimum Gasteiger partial charge on any atom is -0.267 e. The minimum atomic E-state index is -4.36. The Labute approximate surface area is 102 Å². The molecule has 90 valence electrons. The summed E-state index contributed by atoms with van der Waals surface area (Å²) in [7, 11) is 0. The molecule has 2 aromatic rings. The zero-order chi connectivity index (χ0) is 12.6. The summed E-state index contributed by atoms with van der Waals surface area (Å²) in [4.78, 5) is 11.4. The first-order chi connectivity index (χ1) is 7.87. The number of H-pyrrole nitrogens is 1. The molecular weight excluding hydrogens is 301 g/mol. The van der Waals surface area contributed by atoms with Gasteiger partial charge >= 0.3 is 6.18 Å². The van der Waals surface area contributed by atoms with Crippen molar-refractivity contribution in [3.8, 4) is 0 Å². The van der Waals surface area contributed by atoms with E-state index in [0.29, 0.717) is 4.47 Å². The summed E-state index contributed by atoms with van der Waals surface area (Å²) in [6.07, 6.45) is -5.53. The maximum atomic E-state index is 12.3. The van der Waals surface area contributed by atoms with Crippen molar-refractivity contribution < 1.29 is 13.2 Å². The third-order valence-electron chi connectivity index (χ3n) is 2.20. The fraction of sp³-hybridized carbons (Fsp3) is 0.200. The van der Waals surface area contributed by atoms with Crippen LogP contribution in [-0.2, 0) is 6.42 Å². The molecule has 7 heteroatoms. The highest BCUT2D eigenvalue weighted by molar-refractivity contribution is 9.10. The lowest BCUT2D eigenvalue weighted by molar-refractivity contribution is -0.127. The molecule has 2 rings (SSSR count). The second-order valence-electron chi connectivity index (χ2n) is 3.48. The van der Waals surface area contributed by atoms with Crippen LogP contribution in [0.2, 0.25) is 0 Å². The smallest absolute Gasteiger partial charge is 0.267 e. The van der Waals surface area contributed by atoms with E-state index >= 15 is 0 Å². The van der Waals surface area contributed by atoms with Gasteiger partial charge in [-0.25, -0.2) is 5.10 Å². The molecule has 0 saturated carbocycles. The van der Waals surface area contributed by atoms with Crippen LogP contribution in [0.5, 0.6) is 0 Å². The van der Waals surface area contributed by atoms with E-state index in [1.54, 1.807) is 6.07 Å². The molecule has 1 N–H and O–H groups in total. The van der Waals surface area contributed by atoms with Gasteiger partial charge in [-0.1, -0.05) is 15.9 Å². The topological polar surface area (TPSA) is 45.8 Å². The molecule has 0 aliphatic carbocycles. The molecule has 1 aromatic heterocycles. The summed E-state index contributed by atoms with van der Waals surface area (Å²) in [5.74, 6) is 0. The maximum absolute atomic E-state index is 12.3. The van der Waals surface area contributed by atoms with Gasteiger partial charge < -0.3 is 0 Å². The molecule has 3 nitrogen and oxygen atoms in total. The van der Waals surface area contributed by atoms with Crippen molar-refractivity contribution in [1.82, 2.24) is 10.2 Å². The highest BCUT2D eigenvalue weighted by atomic mass is 79.9. The summed E-state index contributed by atoms with van der Waals surface area (Å²) in [5.41, 5.74) is -0.688. The Bertz CT molecular complexity index is 621. The number of halogens is 4. The molecule has 0 aliphatic rings. The fourth-order valence-corrected chi connectivity index (χ4v) is 1.88. The van der Waals surface area contributed by atoms with Gasteiger partial charge in [0.15, 0.2) is 0 Å². The predicted octanol–water partition coefficient (Wildman–Crippen LogP) is 2.79. The molecule has 0 bridgehead atoms. The predicted molar refractivity (Wildman–Crippen MR) is 59.8 cm³/mol. The minimum absolute atomic E-state index is 0.187. The molecule has 1 aromatic carbocycles. The first kappa shape index (κ1) is 12.1. The molecule has 0 amide bonds. The largest absolute Gasteiger partial charge is 0.394 e. The van der Waals surface area contributed by atoms with Crippen LogP contribution < -0.4 is 5.56 Å². The van der Waals surface area contributed by atoms with E-state index in [-0.39, 0.29) is 16.5 Å². The van der Waals surface area contributed by atoms with Crippen molar-refractivity contribution >= 4 is 26.7 Å². The summed E-state index contributed by atoms with van der Waals surface area (Å²) < 4.78 is 37.6. The van der Waals surface area contributed by atoms with Crippen LogP contribution in [0.3, 0.4) is 0 Å². The molecule has 17 heavy (non-hydrogen) atoms. The first-order valence-electron chi connectivity index (χ1n) is 4.60. The van der Waals surface area contributed by atoms with Crippen LogP contribution in [0.25, 0.3) is 10.8 Å². The summed E-state index contributed by atoms with van der Waals surface area (Å²) in [6.45, 7) is 0. The highest BCUT2D eigenvalue weighted by Gasteiger charge is 2.29. The van der Waals surface area contributed by atoms with Gasteiger partial charge in [-0.3, -0.25) is 4.79 Å². The standard InChI is InChI=1S/C10H6BrF3N2O/c11-5-1-2-6-7(3-5)8(4-10(12,13)14)15-16-9(6)17/h1-3H,4H2,(H,16,17). The zero-order valence-corrected chi connectivity index (χ0v) is 9.89. The third kappa shape index (κ3) is 2.66. The second-order valence-corrected chi connectivity index (χ2v) is 4.40. The maximum Gasteiger partial charge on any atom is 0.394 e. The molecule has 0 spiro atoms. The third-order valence-corrected chi connectivity index (χ3v) is 2.69. The number of alkyl halides is 3. The van der Waals surface area contributed by atoms with E-state index < -0.39 is 18.2 Å². The van der Waals surface area contributed by atoms with Gasteiger partial charge in [0, 0.05) is 9.86 Å². The number of rotatable bonds is 1. The lowest BCUT2D eigenvalue weighted by Gasteiger charge is -2.08. The Kier molecular flexibility index (Phi) is 2.94. The van der Waals surface area contributed by atoms with Gasteiger partial charge in [-0.15, -0.1) is 0 Å². The van der Waals surface area contributed by atoms with Crippen LogP contribution in [0.15, 0.2) is 27.5 Å². The lowest BCUT2D eigenvalue weighted by Crippen LogP contribution is -2.17. The highest BCUT2D eigenvalue weighted by Crippen LogP contribution is 2.25. The van der Waals surface area contributed by atoms with Crippen molar-refractivity contribution in [1.29, 1.82) is 0 Å². The lowest BCUT2D eigenvalue weighted by atomic mass is 10.1. The molecular formula is C10H6BrF3N2O. The monoisotopic (exact) mass is 306 g/mol. The Morgan fingerprint density at radius 1 is 1.29 bits per heavy atom. The molecule has 0 radical (unpaired) electrons. The second kappa shape index (κ2) is 4.14. The van der Waals surface area contributed by atoms with Crippen molar-refractivity contribution in [2.24, 2.45) is 0 Å². The quantitative estimate of drug-likeness (QED) is 0.880. The van der Waals surface area contributed by atoms with Gasteiger partial charge in [0.2, 0.25) is 0 Å². The molecule has 0 fully saturated rings. The van der Waals surface area contributed by atoms with Gasteiger partial charge in [0.05, 0.1) is 17.5 Å². The molecule has 1 heterocycles. The van der Waals surface area contributed by atoms with Crippen molar-refractivity contribution in [2.45, 2.75) is 12.6 Å². The van der Waals surface area contributed by atoms with Crippen molar-refractivity contribution in [3.05, 3.63) is 38.7 Å². The summed E-state index contributed by atoms with van der Waals surface area (Å²) >= 11 is 3.15. The number of benzene rings is 1. The zero-order valence-electron chi connectivity index (χ0n) is 8.31. The molecule has 0 atom stereocenters. The molecule has 0 unspecified atom stereocenters. The summed E-state index contributed by atoms with van der Waals surface area (Å²) in [6, 6.07) is 4.51. The van der Waals surface area contributed by atoms with E-state index in [1.165, 1.54) is 12.1 Å².